The number of hydrogen-bond donors (Lipinski definition) is 1. The maximum absolute atomic E-state index is 13.3. The summed E-state index contributed by atoms with van der Waals surface area (Å²) in [5, 5.41) is 13.3. The van der Waals surface area contributed by atoms with Crippen molar-refractivity contribution in [2.24, 2.45) is 0 Å². The number of nitriles is 1. The van der Waals surface area contributed by atoms with E-state index in [1.165, 1.54) is 7.11 Å². The van der Waals surface area contributed by atoms with Crippen LogP contribution in [0.2, 0.25) is 0 Å². The minimum Gasteiger partial charge on any atom is -0.465 e. The van der Waals surface area contributed by atoms with Crippen molar-refractivity contribution in [2.75, 3.05) is 12.8 Å². The molecule has 0 saturated heterocycles. The normalized spacial score (nSPS) is 12.8. The van der Waals surface area contributed by atoms with Gasteiger partial charge in [-0.1, -0.05) is 30.8 Å². The van der Waals surface area contributed by atoms with Crippen LogP contribution in [0.3, 0.4) is 0 Å². The molecule has 1 unspecified atom stereocenters. The van der Waals surface area contributed by atoms with E-state index >= 15 is 0 Å². The van der Waals surface area contributed by atoms with Crippen molar-refractivity contribution in [3.05, 3.63) is 42.0 Å². The Bertz CT molecular complexity index is 895. The van der Waals surface area contributed by atoms with Gasteiger partial charge in [-0.2, -0.15) is 10.4 Å². The van der Waals surface area contributed by atoms with Crippen molar-refractivity contribution in [3.8, 4) is 17.3 Å². The van der Waals surface area contributed by atoms with E-state index < -0.39 is 18.4 Å². The number of ether oxygens (including phenoxy) is 1. The molecule has 0 bridgehead atoms. The molecule has 6 nitrogen and oxygen atoms in total. The van der Waals surface area contributed by atoms with Gasteiger partial charge in [-0.05, 0) is 12.5 Å². The second-order valence-electron chi connectivity index (χ2n) is 5.18. The average molecular weight is 347 g/mol. The van der Waals surface area contributed by atoms with Crippen molar-refractivity contribution >= 4 is 17.4 Å². The number of halogens is 2. The number of anilines is 1. The monoisotopic (exact) mass is 347 g/mol. The number of carbonyl (C=O) groups is 1. The summed E-state index contributed by atoms with van der Waals surface area (Å²) in [4.78, 5) is 11.5. The maximum atomic E-state index is 13.3. The summed E-state index contributed by atoms with van der Waals surface area (Å²) in [6.07, 6.45) is -3.81. The SMILES string of the molecule is [2H]C(F)(F)C(C)n1nc(-c2ccc(C(=C)C(=O)OC)cc2)c(C#N)c1N. The third kappa shape index (κ3) is 3.35. The first kappa shape index (κ1) is 16.6. The van der Waals surface area contributed by atoms with Crippen molar-refractivity contribution in [3.63, 3.8) is 0 Å². The molecular weight excluding hydrogens is 330 g/mol. The van der Waals surface area contributed by atoms with Crippen LogP contribution >= 0.6 is 0 Å². The predicted molar refractivity (Wildman–Crippen MR) is 88.6 cm³/mol. The summed E-state index contributed by atoms with van der Waals surface area (Å²) >= 11 is 0. The van der Waals surface area contributed by atoms with Crippen LogP contribution in [-0.4, -0.2) is 29.3 Å². The first-order valence-corrected chi connectivity index (χ1v) is 7.15. The summed E-state index contributed by atoms with van der Waals surface area (Å²) in [6, 6.07) is 6.43. The quantitative estimate of drug-likeness (QED) is 0.663. The predicted octanol–water partition coefficient (Wildman–Crippen LogP) is 3.02. The van der Waals surface area contributed by atoms with Crippen LogP contribution in [0, 0.1) is 11.3 Å². The highest BCUT2D eigenvalue weighted by molar-refractivity contribution is 6.15. The molecular formula is C17H16F2N4O2. The highest BCUT2D eigenvalue weighted by Crippen LogP contribution is 2.31. The molecule has 0 fully saturated rings. The average Bonchev–Trinajstić information content (AvgIpc) is 2.95. The topological polar surface area (TPSA) is 93.9 Å². The molecule has 0 radical (unpaired) electrons. The number of aromatic nitrogens is 2. The molecule has 0 spiro atoms. The molecule has 1 aromatic heterocycles. The molecule has 2 N–H and O–H groups in total. The second-order valence-corrected chi connectivity index (χ2v) is 5.18. The molecule has 0 amide bonds. The zero-order valence-electron chi connectivity index (χ0n) is 14.6. The number of hydrogen-bond acceptors (Lipinski definition) is 5. The van der Waals surface area contributed by atoms with Gasteiger partial charge in [-0.25, -0.2) is 18.3 Å². The molecule has 0 aliphatic carbocycles. The van der Waals surface area contributed by atoms with E-state index in [2.05, 4.69) is 16.4 Å². The van der Waals surface area contributed by atoms with Gasteiger partial charge in [-0.15, -0.1) is 0 Å². The van der Waals surface area contributed by atoms with Crippen LogP contribution in [-0.2, 0) is 9.53 Å². The lowest BCUT2D eigenvalue weighted by Crippen LogP contribution is -2.17. The summed E-state index contributed by atoms with van der Waals surface area (Å²) in [5.74, 6) is -0.833. The fourth-order valence-electron chi connectivity index (χ4n) is 2.22. The minimum atomic E-state index is -3.81. The smallest absolute Gasteiger partial charge is 0.337 e. The Labute approximate surface area is 144 Å². The van der Waals surface area contributed by atoms with Gasteiger partial charge in [0, 0.05) is 5.56 Å². The van der Waals surface area contributed by atoms with Gasteiger partial charge in [0.2, 0.25) is 0 Å². The van der Waals surface area contributed by atoms with E-state index in [-0.39, 0.29) is 22.6 Å². The highest BCUT2D eigenvalue weighted by Gasteiger charge is 2.25. The number of esters is 1. The molecule has 8 heteroatoms. The second kappa shape index (κ2) is 7.13. The van der Waals surface area contributed by atoms with Gasteiger partial charge in [0.15, 0.2) is 0 Å². The van der Waals surface area contributed by atoms with Gasteiger partial charge in [0.05, 0.1) is 12.7 Å². The van der Waals surface area contributed by atoms with E-state index in [1.807, 2.05) is 6.07 Å². The maximum Gasteiger partial charge on any atom is 0.337 e. The summed E-state index contributed by atoms with van der Waals surface area (Å²) in [6.45, 7) is 4.72. The Balaban J connectivity index is 2.48. The molecule has 25 heavy (non-hydrogen) atoms. The minimum absolute atomic E-state index is 0.0688. The van der Waals surface area contributed by atoms with Crippen LogP contribution in [0.1, 0.15) is 25.5 Å². The number of benzene rings is 1. The van der Waals surface area contributed by atoms with Crippen molar-refractivity contribution in [1.82, 2.24) is 9.78 Å². The Hall–Kier alpha value is -3.21. The summed E-state index contributed by atoms with van der Waals surface area (Å²) in [7, 11) is 1.24. The zero-order chi connectivity index (χ0) is 19.6. The third-order valence-corrected chi connectivity index (χ3v) is 3.68. The van der Waals surface area contributed by atoms with Gasteiger partial charge in [0.1, 0.15) is 30.6 Å². The lowest BCUT2D eigenvalue weighted by Gasteiger charge is -2.12. The van der Waals surface area contributed by atoms with Crippen LogP contribution in [0.25, 0.3) is 16.8 Å². The molecule has 0 aliphatic rings. The Morgan fingerprint density at radius 3 is 2.56 bits per heavy atom. The van der Waals surface area contributed by atoms with E-state index in [0.29, 0.717) is 11.1 Å². The number of alkyl halides is 2. The third-order valence-electron chi connectivity index (χ3n) is 3.68. The Morgan fingerprint density at radius 1 is 1.48 bits per heavy atom. The van der Waals surface area contributed by atoms with E-state index in [4.69, 9.17) is 7.10 Å². The van der Waals surface area contributed by atoms with Crippen LogP contribution in [0.5, 0.6) is 0 Å². The molecule has 2 aromatic rings. The number of carbonyl (C=O) groups excluding carboxylic acids is 1. The lowest BCUT2D eigenvalue weighted by atomic mass is 10.0. The molecule has 0 saturated carbocycles. The largest absolute Gasteiger partial charge is 0.465 e. The summed E-state index contributed by atoms with van der Waals surface area (Å²) < 4.78 is 38.8. The lowest BCUT2D eigenvalue weighted by molar-refractivity contribution is -0.133. The first-order valence-electron chi connectivity index (χ1n) is 7.65. The fourth-order valence-corrected chi connectivity index (χ4v) is 2.22. The van der Waals surface area contributed by atoms with Crippen molar-refractivity contribution in [2.45, 2.75) is 19.4 Å². The molecule has 1 heterocycles. The Kier molecular flexibility index (Phi) is 4.75. The molecule has 1 atom stereocenters. The number of nitrogen functional groups attached to an aromatic ring is 1. The van der Waals surface area contributed by atoms with Crippen LogP contribution in [0.4, 0.5) is 14.6 Å². The number of methoxy groups -OCH3 is 1. The van der Waals surface area contributed by atoms with Gasteiger partial charge in [-0.3, -0.25) is 0 Å². The van der Waals surface area contributed by atoms with Gasteiger partial charge in [0.25, 0.3) is 6.40 Å². The van der Waals surface area contributed by atoms with Gasteiger partial charge >= 0.3 is 5.97 Å². The van der Waals surface area contributed by atoms with Crippen LogP contribution in [0.15, 0.2) is 30.8 Å². The van der Waals surface area contributed by atoms with E-state index in [0.717, 1.165) is 11.6 Å². The number of rotatable bonds is 5. The number of nitrogens with two attached hydrogens (primary N) is 1. The van der Waals surface area contributed by atoms with Crippen LogP contribution < -0.4 is 5.73 Å². The molecule has 0 aliphatic heterocycles. The Morgan fingerprint density at radius 2 is 2.08 bits per heavy atom. The van der Waals surface area contributed by atoms with Crippen molar-refractivity contribution < 1.29 is 19.7 Å². The number of nitrogens with zero attached hydrogens (tertiary/aromatic N) is 3. The molecule has 1 aromatic carbocycles. The highest BCUT2D eigenvalue weighted by atomic mass is 19.3. The van der Waals surface area contributed by atoms with E-state index in [9.17, 15) is 18.8 Å². The van der Waals surface area contributed by atoms with Gasteiger partial charge < -0.3 is 10.5 Å². The first-order chi connectivity index (χ1) is 12.1. The fraction of sp³-hybridized carbons (Fsp3) is 0.235. The molecule has 2 rings (SSSR count). The molecule has 130 valence electrons. The van der Waals surface area contributed by atoms with E-state index in [1.54, 1.807) is 24.3 Å². The summed E-state index contributed by atoms with van der Waals surface area (Å²) in [5.41, 5.74) is 6.89. The van der Waals surface area contributed by atoms with Crippen molar-refractivity contribution in [1.29, 1.82) is 5.26 Å². The standard InChI is InChI=1S/C17H16F2N4O2/c1-9(17(24)25-3)11-4-6-12(7-5-11)14-13(8-20)16(21)23(22-14)10(2)15(18)19/h4-7,10,15H,1,21H2,2-3H3/i15D. The zero-order valence-corrected chi connectivity index (χ0v) is 13.6.